The lowest BCUT2D eigenvalue weighted by atomic mass is 10.0. The van der Waals surface area contributed by atoms with Gasteiger partial charge in [-0.25, -0.2) is 9.37 Å². The second kappa shape index (κ2) is 6.75. The predicted octanol–water partition coefficient (Wildman–Crippen LogP) is 4.71. The molecular weight excluding hydrogens is 291 g/mol. The van der Waals surface area contributed by atoms with Crippen LogP contribution in [0.4, 0.5) is 4.39 Å². The number of halogens is 2. The maximum absolute atomic E-state index is 14.0. The molecule has 0 radical (unpaired) electrons. The van der Waals surface area contributed by atoms with Gasteiger partial charge in [0.15, 0.2) is 5.82 Å². The van der Waals surface area contributed by atoms with Crippen molar-refractivity contribution in [2.24, 2.45) is 5.92 Å². The van der Waals surface area contributed by atoms with Crippen LogP contribution in [-0.4, -0.2) is 22.8 Å². The number of imidazole rings is 1. The minimum Gasteiger partial charge on any atom is -0.380 e. The fourth-order valence-electron chi connectivity index (χ4n) is 2.53. The molecule has 2 atom stereocenters. The van der Waals surface area contributed by atoms with Crippen molar-refractivity contribution in [1.29, 1.82) is 0 Å². The Balaban J connectivity index is 2.63. The van der Waals surface area contributed by atoms with E-state index < -0.39 is 0 Å². The van der Waals surface area contributed by atoms with E-state index in [0.717, 1.165) is 5.52 Å². The Kier molecular flexibility index (Phi) is 5.22. The predicted molar refractivity (Wildman–Crippen MR) is 84.3 cm³/mol. The van der Waals surface area contributed by atoms with Crippen molar-refractivity contribution in [3.63, 3.8) is 0 Å². The van der Waals surface area contributed by atoms with Crippen LogP contribution in [0.1, 0.15) is 44.9 Å². The van der Waals surface area contributed by atoms with Crippen LogP contribution in [0.2, 0.25) is 0 Å². The lowest BCUT2D eigenvalue weighted by molar-refractivity contribution is 0.0968. The van der Waals surface area contributed by atoms with Crippen molar-refractivity contribution >= 4 is 22.6 Å². The Morgan fingerprint density at radius 3 is 2.62 bits per heavy atom. The molecule has 21 heavy (non-hydrogen) atoms. The molecule has 0 spiro atoms. The summed E-state index contributed by atoms with van der Waals surface area (Å²) >= 11 is 6.27. The first-order valence-corrected chi connectivity index (χ1v) is 7.79. The third-order valence-corrected chi connectivity index (χ3v) is 3.84. The van der Waals surface area contributed by atoms with Crippen LogP contribution in [-0.2, 0) is 4.74 Å². The van der Waals surface area contributed by atoms with Crippen LogP contribution >= 0.6 is 11.6 Å². The highest BCUT2D eigenvalue weighted by Gasteiger charge is 2.25. The quantitative estimate of drug-likeness (QED) is 0.722. The molecule has 2 unspecified atom stereocenters. The Morgan fingerprint density at radius 2 is 2.05 bits per heavy atom. The van der Waals surface area contributed by atoms with Crippen molar-refractivity contribution in [2.75, 3.05) is 13.2 Å². The number of nitrogens with zero attached hydrogens (tertiary/aromatic N) is 2. The van der Waals surface area contributed by atoms with E-state index in [1.165, 1.54) is 6.07 Å². The molecule has 5 heteroatoms. The highest BCUT2D eigenvalue weighted by Crippen LogP contribution is 2.32. The minimum atomic E-state index is -0.316. The number of para-hydroxylation sites is 1. The molecule has 0 aliphatic carbocycles. The fraction of sp³-hybridized carbons (Fsp3) is 0.562. The van der Waals surface area contributed by atoms with Gasteiger partial charge in [0.05, 0.1) is 23.5 Å². The molecule has 0 saturated carbocycles. The maximum Gasteiger partial charge on any atom is 0.151 e. The molecule has 1 aromatic heterocycles. The summed E-state index contributed by atoms with van der Waals surface area (Å²) in [6.07, 6.45) is 0. The van der Waals surface area contributed by atoms with Gasteiger partial charge in [0, 0.05) is 6.61 Å². The lowest BCUT2D eigenvalue weighted by Crippen LogP contribution is -2.23. The zero-order valence-corrected chi connectivity index (χ0v) is 13.7. The van der Waals surface area contributed by atoms with Gasteiger partial charge in [0.2, 0.25) is 0 Å². The molecule has 0 aliphatic heterocycles. The second-order valence-electron chi connectivity index (χ2n) is 5.53. The standard InChI is InChI=1S/C16H22ClFN2O/c1-5-21-9-14(10(2)3)20-13-8-6-7-12(18)15(13)19-16(20)11(4)17/h6-8,10-11,14H,5,9H2,1-4H3. The Morgan fingerprint density at radius 1 is 1.33 bits per heavy atom. The summed E-state index contributed by atoms with van der Waals surface area (Å²) in [7, 11) is 0. The first kappa shape index (κ1) is 16.2. The molecule has 0 aliphatic rings. The van der Waals surface area contributed by atoms with Gasteiger partial charge in [-0.2, -0.15) is 0 Å². The van der Waals surface area contributed by atoms with Crippen LogP contribution in [0.25, 0.3) is 11.0 Å². The van der Waals surface area contributed by atoms with Crippen molar-refractivity contribution in [1.82, 2.24) is 9.55 Å². The largest absolute Gasteiger partial charge is 0.380 e. The summed E-state index contributed by atoms with van der Waals surface area (Å²) in [6.45, 7) is 9.28. The lowest BCUT2D eigenvalue weighted by Gasteiger charge is -2.25. The summed E-state index contributed by atoms with van der Waals surface area (Å²) in [6, 6.07) is 5.09. The molecule has 116 valence electrons. The molecule has 0 bridgehead atoms. The third kappa shape index (κ3) is 3.22. The van der Waals surface area contributed by atoms with E-state index in [1.54, 1.807) is 6.07 Å². The maximum atomic E-state index is 14.0. The smallest absolute Gasteiger partial charge is 0.151 e. The molecule has 0 N–H and O–H groups in total. The number of rotatable bonds is 6. The van der Waals surface area contributed by atoms with Crippen molar-refractivity contribution in [3.05, 3.63) is 29.8 Å². The number of hydrogen-bond donors (Lipinski definition) is 0. The summed E-state index contributed by atoms with van der Waals surface area (Å²) < 4.78 is 21.7. The molecule has 0 fully saturated rings. The molecule has 0 amide bonds. The van der Waals surface area contributed by atoms with Gasteiger partial charge in [-0.3, -0.25) is 0 Å². The molecule has 0 saturated heterocycles. The number of hydrogen-bond acceptors (Lipinski definition) is 2. The van der Waals surface area contributed by atoms with Crippen molar-refractivity contribution < 1.29 is 9.13 Å². The molecule has 3 nitrogen and oxygen atoms in total. The van der Waals surface area contributed by atoms with E-state index in [0.29, 0.717) is 30.5 Å². The molecule has 1 aromatic carbocycles. The SMILES string of the molecule is CCOCC(C(C)C)n1c(C(C)Cl)nc2c(F)cccc21. The van der Waals surface area contributed by atoms with E-state index in [4.69, 9.17) is 16.3 Å². The Bertz CT molecular complexity index is 610. The van der Waals surface area contributed by atoms with E-state index in [9.17, 15) is 4.39 Å². The van der Waals surface area contributed by atoms with Gasteiger partial charge in [-0.15, -0.1) is 11.6 Å². The monoisotopic (exact) mass is 312 g/mol. The van der Waals surface area contributed by atoms with E-state index >= 15 is 0 Å². The minimum absolute atomic E-state index is 0.0768. The van der Waals surface area contributed by atoms with Crippen molar-refractivity contribution in [3.8, 4) is 0 Å². The topological polar surface area (TPSA) is 27.1 Å². The normalized spacial score (nSPS) is 14.8. The van der Waals surface area contributed by atoms with E-state index in [1.807, 2.05) is 24.5 Å². The number of ether oxygens (including phenoxy) is 1. The van der Waals surface area contributed by atoms with Gasteiger partial charge in [0.25, 0.3) is 0 Å². The molecule has 1 heterocycles. The number of fused-ring (bicyclic) bond motifs is 1. The number of alkyl halides is 1. The molecule has 2 aromatic rings. The average Bonchev–Trinajstić information content (AvgIpc) is 2.80. The van der Waals surface area contributed by atoms with E-state index in [-0.39, 0.29) is 17.2 Å². The number of aromatic nitrogens is 2. The molecule has 2 rings (SSSR count). The highest BCUT2D eigenvalue weighted by molar-refractivity contribution is 6.20. The zero-order valence-electron chi connectivity index (χ0n) is 12.9. The van der Waals surface area contributed by atoms with Crippen molar-refractivity contribution in [2.45, 2.75) is 39.1 Å². The first-order valence-electron chi connectivity index (χ1n) is 7.35. The van der Waals surface area contributed by atoms with Gasteiger partial charge >= 0.3 is 0 Å². The fourth-order valence-corrected chi connectivity index (χ4v) is 2.69. The van der Waals surface area contributed by atoms with Crippen LogP contribution in [0.3, 0.4) is 0 Å². The Hall–Kier alpha value is -1.13. The van der Waals surface area contributed by atoms with Crippen LogP contribution in [0.15, 0.2) is 18.2 Å². The van der Waals surface area contributed by atoms with Crippen LogP contribution in [0, 0.1) is 11.7 Å². The average molecular weight is 313 g/mol. The summed E-state index contributed by atoms with van der Waals surface area (Å²) in [5, 5.41) is -0.292. The first-order chi connectivity index (χ1) is 9.97. The zero-order chi connectivity index (χ0) is 15.6. The summed E-state index contributed by atoms with van der Waals surface area (Å²) in [5.41, 5.74) is 1.15. The number of benzene rings is 1. The van der Waals surface area contributed by atoms with Crippen LogP contribution < -0.4 is 0 Å². The summed E-state index contributed by atoms with van der Waals surface area (Å²) in [5.74, 6) is 0.699. The Labute approximate surface area is 130 Å². The molecular formula is C16H22ClFN2O. The van der Waals surface area contributed by atoms with Crippen LogP contribution in [0.5, 0.6) is 0 Å². The van der Waals surface area contributed by atoms with Gasteiger partial charge < -0.3 is 9.30 Å². The summed E-state index contributed by atoms with van der Waals surface area (Å²) in [4.78, 5) is 4.42. The second-order valence-corrected chi connectivity index (χ2v) is 6.19. The third-order valence-electron chi connectivity index (χ3n) is 3.65. The van der Waals surface area contributed by atoms with Gasteiger partial charge in [-0.05, 0) is 31.9 Å². The van der Waals surface area contributed by atoms with E-state index in [2.05, 4.69) is 18.8 Å². The van der Waals surface area contributed by atoms with Gasteiger partial charge in [0.1, 0.15) is 11.3 Å². The highest BCUT2D eigenvalue weighted by atomic mass is 35.5. The van der Waals surface area contributed by atoms with Gasteiger partial charge in [-0.1, -0.05) is 19.9 Å².